The topological polar surface area (TPSA) is 21.3 Å². The summed E-state index contributed by atoms with van der Waals surface area (Å²) >= 11 is 3.37. The zero-order valence-electron chi connectivity index (χ0n) is 11.2. The highest BCUT2D eigenvalue weighted by Crippen LogP contribution is 2.30. The number of nitrogens with one attached hydrogen (secondary N) is 1. The van der Waals surface area contributed by atoms with E-state index in [0.717, 1.165) is 27.9 Å². The number of halogens is 4. The second-order valence-electron chi connectivity index (χ2n) is 4.38. The molecule has 0 aromatic heterocycles. The third kappa shape index (κ3) is 4.14. The summed E-state index contributed by atoms with van der Waals surface area (Å²) in [6.45, 7) is 0.452. The van der Waals surface area contributed by atoms with Gasteiger partial charge in [0.1, 0.15) is 5.75 Å². The van der Waals surface area contributed by atoms with Crippen LogP contribution in [0.2, 0.25) is 0 Å². The molecular weight excluding hydrogens is 347 g/mol. The molecule has 0 saturated heterocycles. The number of alkyl halides is 3. The second kappa shape index (κ2) is 6.39. The van der Waals surface area contributed by atoms with E-state index in [9.17, 15) is 13.2 Å². The van der Waals surface area contributed by atoms with Gasteiger partial charge in [-0.05, 0) is 42.5 Å². The Morgan fingerprint density at radius 3 is 2.33 bits per heavy atom. The van der Waals surface area contributed by atoms with Gasteiger partial charge in [-0.1, -0.05) is 15.9 Å². The Kier molecular flexibility index (Phi) is 4.77. The molecule has 21 heavy (non-hydrogen) atoms. The molecule has 2 aromatic carbocycles. The number of anilines is 1. The lowest BCUT2D eigenvalue weighted by atomic mass is 10.1. The molecule has 0 aliphatic heterocycles. The standard InChI is InChI=1S/C15H13BrF3NO/c1-21-14-7-4-12(16)8-10(14)9-20-13-5-2-11(3-6-13)15(17,18)19/h2-8,20H,9H2,1H3. The van der Waals surface area contributed by atoms with Crippen molar-refractivity contribution in [2.45, 2.75) is 12.7 Å². The minimum atomic E-state index is -4.31. The molecule has 0 saturated carbocycles. The minimum absolute atomic E-state index is 0.452. The average molecular weight is 360 g/mol. The Hall–Kier alpha value is -1.69. The van der Waals surface area contributed by atoms with Gasteiger partial charge in [-0.25, -0.2) is 0 Å². The molecule has 0 aliphatic carbocycles. The summed E-state index contributed by atoms with van der Waals surface area (Å²) in [6, 6.07) is 10.5. The zero-order valence-corrected chi connectivity index (χ0v) is 12.8. The van der Waals surface area contributed by atoms with Gasteiger partial charge < -0.3 is 10.1 Å². The predicted molar refractivity (Wildman–Crippen MR) is 79.5 cm³/mol. The fraction of sp³-hybridized carbons (Fsp3) is 0.200. The van der Waals surface area contributed by atoms with Gasteiger partial charge in [-0.15, -0.1) is 0 Å². The summed E-state index contributed by atoms with van der Waals surface area (Å²) in [7, 11) is 1.57. The molecule has 112 valence electrons. The molecule has 0 atom stereocenters. The lowest BCUT2D eigenvalue weighted by molar-refractivity contribution is -0.137. The number of hydrogen-bond donors (Lipinski definition) is 1. The Labute approximate surface area is 129 Å². The van der Waals surface area contributed by atoms with E-state index in [0.29, 0.717) is 12.2 Å². The van der Waals surface area contributed by atoms with Crippen LogP contribution in [0.25, 0.3) is 0 Å². The van der Waals surface area contributed by atoms with Crippen LogP contribution in [-0.2, 0) is 12.7 Å². The van der Waals surface area contributed by atoms with E-state index in [-0.39, 0.29) is 0 Å². The molecular formula is C15H13BrF3NO. The first kappa shape index (κ1) is 15.7. The van der Waals surface area contributed by atoms with Crippen molar-refractivity contribution in [2.24, 2.45) is 0 Å². The van der Waals surface area contributed by atoms with Gasteiger partial charge in [0.05, 0.1) is 12.7 Å². The number of benzene rings is 2. The number of hydrogen-bond acceptors (Lipinski definition) is 2. The first-order valence-corrected chi connectivity index (χ1v) is 6.93. The van der Waals surface area contributed by atoms with Crippen molar-refractivity contribution in [3.05, 3.63) is 58.1 Å². The smallest absolute Gasteiger partial charge is 0.416 e. The summed E-state index contributed by atoms with van der Waals surface area (Å²) in [5.41, 5.74) is 0.866. The summed E-state index contributed by atoms with van der Waals surface area (Å²) in [6.07, 6.45) is -4.31. The van der Waals surface area contributed by atoms with Crippen molar-refractivity contribution < 1.29 is 17.9 Å². The number of rotatable bonds is 4. The third-order valence-electron chi connectivity index (χ3n) is 2.94. The molecule has 0 amide bonds. The maximum Gasteiger partial charge on any atom is 0.416 e. The van der Waals surface area contributed by atoms with E-state index in [4.69, 9.17) is 4.74 Å². The predicted octanol–water partition coefficient (Wildman–Crippen LogP) is 5.09. The van der Waals surface area contributed by atoms with Gasteiger partial charge in [0.25, 0.3) is 0 Å². The van der Waals surface area contributed by atoms with Crippen molar-refractivity contribution in [1.82, 2.24) is 0 Å². The molecule has 0 fully saturated rings. The van der Waals surface area contributed by atoms with E-state index >= 15 is 0 Å². The molecule has 1 N–H and O–H groups in total. The van der Waals surface area contributed by atoms with E-state index in [2.05, 4.69) is 21.2 Å². The summed E-state index contributed by atoms with van der Waals surface area (Å²) < 4.78 is 43.6. The van der Waals surface area contributed by atoms with Crippen molar-refractivity contribution in [1.29, 1.82) is 0 Å². The molecule has 0 unspecified atom stereocenters. The van der Waals surface area contributed by atoms with Crippen LogP contribution in [-0.4, -0.2) is 7.11 Å². The Balaban J connectivity index is 2.08. The highest BCUT2D eigenvalue weighted by Gasteiger charge is 2.29. The second-order valence-corrected chi connectivity index (χ2v) is 5.30. The van der Waals surface area contributed by atoms with Crippen molar-refractivity contribution in [2.75, 3.05) is 12.4 Å². The molecule has 2 rings (SSSR count). The largest absolute Gasteiger partial charge is 0.496 e. The van der Waals surface area contributed by atoms with Gasteiger partial charge in [0, 0.05) is 22.3 Å². The fourth-order valence-corrected chi connectivity index (χ4v) is 2.27. The van der Waals surface area contributed by atoms with Gasteiger partial charge in [0.15, 0.2) is 0 Å². The average Bonchev–Trinajstić information content (AvgIpc) is 2.45. The monoisotopic (exact) mass is 359 g/mol. The molecule has 0 aliphatic rings. The van der Waals surface area contributed by atoms with Crippen molar-refractivity contribution in [3.8, 4) is 5.75 Å². The highest BCUT2D eigenvalue weighted by atomic mass is 79.9. The van der Waals surface area contributed by atoms with Crippen LogP contribution in [0.1, 0.15) is 11.1 Å². The van der Waals surface area contributed by atoms with E-state index in [1.54, 1.807) is 7.11 Å². The van der Waals surface area contributed by atoms with Crippen LogP contribution in [0.15, 0.2) is 46.9 Å². The zero-order chi connectivity index (χ0) is 15.5. The molecule has 6 heteroatoms. The van der Waals surface area contributed by atoms with Crippen LogP contribution < -0.4 is 10.1 Å². The SMILES string of the molecule is COc1ccc(Br)cc1CNc1ccc(C(F)(F)F)cc1. The van der Waals surface area contributed by atoms with Gasteiger partial charge in [0.2, 0.25) is 0 Å². The molecule has 0 radical (unpaired) electrons. The van der Waals surface area contributed by atoms with Gasteiger partial charge in [-0.2, -0.15) is 13.2 Å². The summed E-state index contributed by atoms with van der Waals surface area (Å²) in [4.78, 5) is 0. The maximum absolute atomic E-state index is 12.5. The van der Waals surface area contributed by atoms with Crippen molar-refractivity contribution >= 4 is 21.6 Å². The normalized spacial score (nSPS) is 11.3. The van der Waals surface area contributed by atoms with E-state index in [1.165, 1.54) is 12.1 Å². The third-order valence-corrected chi connectivity index (χ3v) is 3.43. The van der Waals surface area contributed by atoms with Crippen LogP contribution in [0.4, 0.5) is 18.9 Å². The lowest BCUT2D eigenvalue weighted by Crippen LogP contribution is -2.05. The first-order valence-electron chi connectivity index (χ1n) is 6.13. The van der Waals surface area contributed by atoms with Crippen LogP contribution in [0.5, 0.6) is 5.75 Å². The van der Waals surface area contributed by atoms with Crippen LogP contribution in [0, 0.1) is 0 Å². The fourth-order valence-electron chi connectivity index (χ4n) is 1.86. The minimum Gasteiger partial charge on any atom is -0.496 e. The highest BCUT2D eigenvalue weighted by molar-refractivity contribution is 9.10. The molecule has 0 bridgehead atoms. The van der Waals surface area contributed by atoms with E-state index < -0.39 is 11.7 Å². The van der Waals surface area contributed by atoms with Crippen LogP contribution in [0.3, 0.4) is 0 Å². The Morgan fingerprint density at radius 2 is 1.76 bits per heavy atom. The molecule has 2 nitrogen and oxygen atoms in total. The lowest BCUT2D eigenvalue weighted by Gasteiger charge is -2.12. The molecule has 0 spiro atoms. The Morgan fingerprint density at radius 1 is 1.10 bits per heavy atom. The summed E-state index contributed by atoms with van der Waals surface area (Å²) in [5, 5.41) is 3.07. The number of ether oxygens (including phenoxy) is 1. The molecule has 2 aromatic rings. The van der Waals surface area contributed by atoms with E-state index in [1.807, 2.05) is 18.2 Å². The Bertz CT molecular complexity index is 611. The maximum atomic E-state index is 12.5. The molecule has 0 heterocycles. The van der Waals surface area contributed by atoms with Gasteiger partial charge >= 0.3 is 6.18 Å². The number of methoxy groups -OCH3 is 1. The van der Waals surface area contributed by atoms with Crippen molar-refractivity contribution in [3.63, 3.8) is 0 Å². The van der Waals surface area contributed by atoms with Crippen LogP contribution >= 0.6 is 15.9 Å². The first-order chi connectivity index (χ1) is 9.90. The van der Waals surface area contributed by atoms with Gasteiger partial charge in [-0.3, -0.25) is 0 Å². The quantitative estimate of drug-likeness (QED) is 0.820. The summed E-state index contributed by atoms with van der Waals surface area (Å²) in [5.74, 6) is 0.720.